The maximum atomic E-state index is 5.42. The molecule has 0 radical (unpaired) electrons. The molecule has 110 valence electrons. The number of thioether (sulfide) groups is 1. The van der Waals surface area contributed by atoms with Gasteiger partial charge in [0.25, 0.3) is 0 Å². The van der Waals surface area contributed by atoms with Crippen molar-refractivity contribution in [3.8, 4) is 5.75 Å². The Labute approximate surface area is 134 Å². The Bertz CT molecular complexity index is 827. The number of hydrogen-bond donors (Lipinski definition) is 0. The van der Waals surface area contributed by atoms with Crippen molar-refractivity contribution in [3.63, 3.8) is 0 Å². The molecule has 3 rings (SSSR count). The van der Waals surface area contributed by atoms with E-state index in [0.29, 0.717) is 0 Å². The molecule has 2 nitrogen and oxygen atoms in total. The summed E-state index contributed by atoms with van der Waals surface area (Å²) in [6.45, 7) is 0. The monoisotopic (exact) mass is 307 g/mol. The van der Waals surface area contributed by atoms with Crippen molar-refractivity contribution in [2.45, 2.75) is 4.90 Å². The predicted molar refractivity (Wildman–Crippen MR) is 95.4 cm³/mol. The molecule has 0 saturated carbocycles. The van der Waals surface area contributed by atoms with Gasteiger partial charge in [-0.25, -0.2) is 4.98 Å². The highest BCUT2D eigenvalue weighted by atomic mass is 32.2. The molecule has 0 spiro atoms. The van der Waals surface area contributed by atoms with Crippen LogP contribution < -0.4 is 4.74 Å². The smallest absolute Gasteiger partial charge is 0.132 e. The van der Waals surface area contributed by atoms with E-state index in [9.17, 15) is 0 Å². The van der Waals surface area contributed by atoms with Crippen LogP contribution in [0.15, 0.2) is 59.5 Å². The lowest BCUT2D eigenvalue weighted by Gasteiger charge is -2.06. The summed E-state index contributed by atoms with van der Waals surface area (Å²) in [7, 11) is 1.70. The summed E-state index contributed by atoms with van der Waals surface area (Å²) in [6, 6.07) is 18.5. The zero-order valence-corrected chi connectivity index (χ0v) is 13.4. The molecule has 0 N–H and O–H groups in total. The summed E-state index contributed by atoms with van der Waals surface area (Å²) < 4.78 is 5.42. The van der Waals surface area contributed by atoms with Gasteiger partial charge >= 0.3 is 0 Å². The van der Waals surface area contributed by atoms with E-state index in [0.717, 1.165) is 32.8 Å². The van der Waals surface area contributed by atoms with Crippen LogP contribution in [-0.2, 0) is 0 Å². The molecular formula is C19H17NOS. The average molecular weight is 307 g/mol. The highest BCUT2D eigenvalue weighted by Gasteiger charge is 2.01. The van der Waals surface area contributed by atoms with E-state index in [1.807, 2.05) is 42.7 Å². The number of ether oxygens (including phenoxy) is 1. The molecule has 0 aliphatic carbocycles. The Morgan fingerprint density at radius 3 is 2.68 bits per heavy atom. The largest absolute Gasteiger partial charge is 0.496 e. The van der Waals surface area contributed by atoms with Crippen LogP contribution in [0.4, 0.5) is 0 Å². The number of nitrogens with zero attached hydrogens (tertiary/aromatic N) is 1. The average Bonchev–Trinajstić information content (AvgIpc) is 2.59. The molecule has 0 amide bonds. The number of para-hydroxylation sites is 1. The van der Waals surface area contributed by atoms with Gasteiger partial charge in [0, 0.05) is 10.3 Å². The molecule has 3 heteroatoms. The van der Waals surface area contributed by atoms with Crippen molar-refractivity contribution in [2.75, 3.05) is 13.4 Å². The number of fused-ring (bicyclic) bond motifs is 1. The molecule has 0 fully saturated rings. The predicted octanol–water partition coefficient (Wildman–Crippen LogP) is 5.14. The fourth-order valence-electron chi connectivity index (χ4n) is 2.31. The van der Waals surface area contributed by atoms with E-state index in [1.54, 1.807) is 18.9 Å². The van der Waals surface area contributed by atoms with Crippen LogP contribution in [0.2, 0.25) is 0 Å². The van der Waals surface area contributed by atoms with Gasteiger partial charge in [0.15, 0.2) is 0 Å². The molecule has 1 aromatic heterocycles. The van der Waals surface area contributed by atoms with Gasteiger partial charge in [-0.05, 0) is 42.2 Å². The van der Waals surface area contributed by atoms with Gasteiger partial charge in [-0.2, -0.15) is 0 Å². The molecule has 0 aliphatic heterocycles. The van der Waals surface area contributed by atoms with Crippen molar-refractivity contribution in [1.82, 2.24) is 4.98 Å². The summed E-state index contributed by atoms with van der Waals surface area (Å²) in [5.74, 6) is 0.904. The Kier molecular flexibility index (Phi) is 4.45. The maximum Gasteiger partial charge on any atom is 0.132 e. The second-order valence-electron chi connectivity index (χ2n) is 4.88. The quantitative estimate of drug-likeness (QED) is 0.623. The van der Waals surface area contributed by atoms with Gasteiger partial charge in [-0.1, -0.05) is 36.4 Å². The van der Waals surface area contributed by atoms with Crippen LogP contribution in [0, 0.1) is 0 Å². The first-order chi connectivity index (χ1) is 10.8. The topological polar surface area (TPSA) is 22.1 Å². The van der Waals surface area contributed by atoms with Crippen LogP contribution in [0.3, 0.4) is 0 Å². The fraction of sp³-hybridized carbons (Fsp3) is 0.105. The van der Waals surface area contributed by atoms with Crippen molar-refractivity contribution >= 4 is 34.8 Å². The third-order valence-electron chi connectivity index (χ3n) is 3.47. The Morgan fingerprint density at radius 2 is 1.86 bits per heavy atom. The Balaban J connectivity index is 1.89. The fourth-order valence-corrected chi connectivity index (χ4v) is 2.86. The van der Waals surface area contributed by atoms with E-state index >= 15 is 0 Å². The molecule has 0 bridgehead atoms. The van der Waals surface area contributed by atoms with Crippen molar-refractivity contribution < 1.29 is 4.74 Å². The van der Waals surface area contributed by atoms with Gasteiger partial charge in [-0.15, -0.1) is 11.8 Å². The van der Waals surface area contributed by atoms with Crippen LogP contribution >= 0.6 is 11.8 Å². The van der Waals surface area contributed by atoms with Gasteiger partial charge < -0.3 is 4.74 Å². The number of pyridine rings is 1. The zero-order chi connectivity index (χ0) is 15.4. The Hall–Kier alpha value is -2.26. The van der Waals surface area contributed by atoms with E-state index < -0.39 is 0 Å². The number of benzene rings is 2. The molecule has 1 heterocycles. The van der Waals surface area contributed by atoms with Crippen LogP contribution in [-0.4, -0.2) is 18.3 Å². The Morgan fingerprint density at radius 1 is 1.00 bits per heavy atom. The van der Waals surface area contributed by atoms with Crippen molar-refractivity contribution in [3.05, 3.63) is 65.9 Å². The minimum atomic E-state index is 0.904. The minimum Gasteiger partial charge on any atom is -0.496 e. The van der Waals surface area contributed by atoms with Gasteiger partial charge in [-0.3, -0.25) is 0 Å². The minimum absolute atomic E-state index is 0.904. The highest BCUT2D eigenvalue weighted by molar-refractivity contribution is 7.98. The molecule has 2 aromatic carbocycles. The summed E-state index contributed by atoms with van der Waals surface area (Å²) in [4.78, 5) is 5.79. The molecule has 0 unspecified atom stereocenters. The van der Waals surface area contributed by atoms with Crippen LogP contribution in [0.5, 0.6) is 5.75 Å². The highest BCUT2D eigenvalue weighted by Crippen LogP contribution is 2.28. The first kappa shape index (κ1) is 14.7. The lowest BCUT2D eigenvalue weighted by atomic mass is 10.1. The summed E-state index contributed by atoms with van der Waals surface area (Å²) >= 11 is 1.68. The third kappa shape index (κ3) is 3.15. The lowest BCUT2D eigenvalue weighted by molar-refractivity contribution is 0.405. The van der Waals surface area contributed by atoms with Gasteiger partial charge in [0.1, 0.15) is 5.75 Å². The second-order valence-corrected chi connectivity index (χ2v) is 5.72. The summed E-state index contributed by atoms with van der Waals surface area (Å²) in [6.07, 6.45) is 6.13. The SMILES string of the molecule is COc1cc(/C=C/c2ccc3ccccc3n2)ccc1SC. The van der Waals surface area contributed by atoms with Gasteiger partial charge in [0.05, 0.1) is 18.3 Å². The van der Waals surface area contributed by atoms with Crippen LogP contribution in [0.1, 0.15) is 11.3 Å². The summed E-state index contributed by atoms with van der Waals surface area (Å²) in [5, 5.41) is 1.16. The lowest BCUT2D eigenvalue weighted by Crippen LogP contribution is -1.87. The van der Waals surface area contributed by atoms with E-state index in [1.165, 1.54) is 0 Å². The van der Waals surface area contributed by atoms with Crippen LogP contribution in [0.25, 0.3) is 23.1 Å². The van der Waals surface area contributed by atoms with Crippen molar-refractivity contribution in [1.29, 1.82) is 0 Å². The third-order valence-corrected chi connectivity index (χ3v) is 4.25. The molecule has 3 aromatic rings. The molecule has 0 aliphatic rings. The van der Waals surface area contributed by atoms with E-state index in [4.69, 9.17) is 4.74 Å². The molecular weight excluding hydrogens is 290 g/mol. The van der Waals surface area contributed by atoms with E-state index in [2.05, 4.69) is 35.3 Å². The molecule has 22 heavy (non-hydrogen) atoms. The van der Waals surface area contributed by atoms with Gasteiger partial charge in [0.2, 0.25) is 0 Å². The number of methoxy groups -OCH3 is 1. The molecule has 0 atom stereocenters. The number of hydrogen-bond acceptors (Lipinski definition) is 3. The maximum absolute atomic E-state index is 5.42. The summed E-state index contributed by atoms with van der Waals surface area (Å²) in [5.41, 5.74) is 3.07. The van der Waals surface area contributed by atoms with E-state index in [-0.39, 0.29) is 0 Å². The normalized spacial score (nSPS) is 11.2. The standard InChI is InChI=1S/C19H17NOS/c1-21-18-13-14(8-12-19(18)22-2)7-10-16-11-9-15-5-3-4-6-17(15)20-16/h3-13H,1-2H3/b10-7+. The number of rotatable bonds is 4. The second kappa shape index (κ2) is 6.67. The first-order valence-corrected chi connectivity index (χ1v) is 8.28. The first-order valence-electron chi connectivity index (χ1n) is 7.06. The van der Waals surface area contributed by atoms with Crippen molar-refractivity contribution in [2.24, 2.45) is 0 Å². The number of aromatic nitrogens is 1. The zero-order valence-electron chi connectivity index (χ0n) is 12.6. The molecule has 0 saturated heterocycles.